The Hall–Kier alpha value is -0.610. The van der Waals surface area contributed by atoms with Crippen LogP contribution in [-0.4, -0.2) is 34.9 Å². The molecule has 0 bridgehead atoms. The van der Waals surface area contributed by atoms with Crippen molar-refractivity contribution in [3.63, 3.8) is 0 Å². The third-order valence-corrected chi connectivity index (χ3v) is 7.37. The largest absolute Gasteiger partial charge is 0.394 e. The molecule has 0 aliphatic rings. The Labute approximate surface area is 219 Å². The van der Waals surface area contributed by atoms with Gasteiger partial charge in [0.1, 0.15) is 0 Å². The molecule has 1 amide bonds. The molecule has 0 aliphatic carbocycles. The van der Waals surface area contributed by atoms with Gasteiger partial charge in [-0.15, -0.1) is 0 Å². The van der Waals surface area contributed by atoms with Crippen LogP contribution >= 0.6 is 0 Å². The van der Waals surface area contributed by atoms with Gasteiger partial charge in [0.05, 0.1) is 18.8 Å². The van der Waals surface area contributed by atoms with Crippen molar-refractivity contribution in [2.45, 2.75) is 187 Å². The van der Waals surface area contributed by atoms with E-state index in [2.05, 4.69) is 19.2 Å². The summed E-state index contributed by atoms with van der Waals surface area (Å²) in [4.78, 5) is 12.2. The first kappa shape index (κ1) is 34.4. The van der Waals surface area contributed by atoms with Crippen LogP contribution in [-0.2, 0) is 4.79 Å². The zero-order valence-electron chi connectivity index (χ0n) is 23.8. The molecule has 4 heteroatoms. The Bertz CT molecular complexity index is 429. The van der Waals surface area contributed by atoms with Crippen molar-refractivity contribution in [3.8, 4) is 0 Å². The van der Waals surface area contributed by atoms with Crippen molar-refractivity contribution in [3.05, 3.63) is 0 Å². The summed E-state index contributed by atoms with van der Waals surface area (Å²) in [6, 6.07) is -0.525. The van der Waals surface area contributed by atoms with Crippen LogP contribution in [0.25, 0.3) is 0 Å². The number of aliphatic hydroxyl groups is 2. The highest BCUT2D eigenvalue weighted by molar-refractivity contribution is 5.76. The molecule has 0 aromatic rings. The summed E-state index contributed by atoms with van der Waals surface area (Å²) >= 11 is 0. The SMILES string of the molecule is CCCCCCCCCCCCCCCCCC(O)C(CO)NC(=O)CCCCCCCCCC. The minimum absolute atomic E-state index is 0.0365. The van der Waals surface area contributed by atoms with Gasteiger partial charge < -0.3 is 15.5 Å². The summed E-state index contributed by atoms with van der Waals surface area (Å²) in [5.41, 5.74) is 0. The average Bonchev–Trinajstić information content (AvgIpc) is 2.86. The van der Waals surface area contributed by atoms with Crippen LogP contribution < -0.4 is 5.32 Å². The van der Waals surface area contributed by atoms with Gasteiger partial charge in [-0.3, -0.25) is 4.79 Å². The van der Waals surface area contributed by atoms with Gasteiger partial charge in [0.2, 0.25) is 5.91 Å². The molecule has 0 heterocycles. The highest BCUT2D eigenvalue weighted by atomic mass is 16.3. The van der Waals surface area contributed by atoms with Crippen molar-refractivity contribution in [1.29, 1.82) is 0 Å². The van der Waals surface area contributed by atoms with E-state index in [1.165, 1.54) is 122 Å². The average molecular weight is 498 g/mol. The lowest BCUT2D eigenvalue weighted by molar-refractivity contribution is -0.123. The fraction of sp³-hybridized carbons (Fsp3) is 0.968. The molecule has 0 radical (unpaired) electrons. The van der Waals surface area contributed by atoms with E-state index in [0.29, 0.717) is 12.8 Å². The monoisotopic (exact) mass is 497 g/mol. The quantitative estimate of drug-likeness (QED) is 0.0947. The summed E-state index contributed by atoms with van der Waals surface area (Å²) in [7, 11) is 0. The second-order valence-corrected chi connectivity index (χ2v) is 10.9. The van der Waals surface area contributed by atoms with E-state index in [9.17, 15) is 15.0 Å². The van der Waals surface area contributed by atoms with Crippen molar-refractivity contribution < 1.29 is 15.0 Å². The van der Waals surface area contributed by atoms with E-state index < -0.39 is 12.1 Å². The van der Waals surface area contributed by atoms with Crippen LogP contribution in [0.5, 0.6) is 0 Å². The lowest BCUT2D eigenvalue weighted by Crippen LogP contribution is -2.45. The zero-order valence-corrected chi connectivity index (χ0v) is 23.8. The van der Waals surface area contributed by atoms with Gasteiger partial charge in [-0.25, -0.2) is 0 Å². The summed E-state index contributed by atoms with van der Waals surface area (Å²) < 4.78 is 0. The molecule has 0 spiro atoms. The maximum Gasteiger partial charge on any atom is 0.220 e. The van der Waals surface area contributed by atoms with E-state index in [1.54, 1.807) is 0 Å². The Balaban J connectivity index is 3.54. The molecule has 0 aliphatic heterocycles. The lowest BCUT2D eigenvalue weighted by atomic mass is 10.0. The number of hydrogen-bond acceptors (Lipinski definition) is 3. The molecule has 35 heavy (non-hydrogen) atoms. The number of unbranched alkanes of at least 4 members (excludes halogenated alkanes) is 21. The first-order valence-electron chi connectivity index (χ1n) is 15.7. The topological polar surface area (TPSA) is 69.6 Å². The second kappa shape index (κ2) is 28.0. The molecule has 210 valence electrons. The van der Waals surface area contributed by atoms with E-state index in [-0.39, 0.29) is 12.5 Å². The summed E-state index contributed by atoms with van der Waals surface area (Å²) in [5, 5.41) is 22.9. The van der Waals surface area contributed by atoms with Gasteiger partial charge in [0, 0.05) is 6.42 Å². The van der Waals surface area contributed by atoms with Gasteiger partial charge in [0.15, 0.2) is 0 Å². The van der Waals surface area contributed by atoms with Crippen molar-refractivity contribution in [2.75, 3.05) is 6.61 Å². The molecule has 0 rings (SSSR count). The predicted molar refractivity (Wildman–Crippen MR) is 152 cm³/mol. The maximum atomic E-state index is 12.2. The summed E-state index contributed by atoms with van der Waals surface area (Å²) in [5.74, 6) is -0.0365. The fourth-order valence-electron chi connectivity index (χ4n) is 4.89. The smallest absolute Gasteiger partial charge is 0.220 e. The molecule has 0 aromatic carbocycles. The highest BCUT2D eigenvalue weighted by Gasteiger charge is 2.19. The minimum Gasteiger partial charge on any atom is -0.394 e. The van der Waals surface area contributed by atoms with E-state index in [0.717, 1.165) is 25.7 Å². The van der Waals surface area contributed by atoms with Gasteiger partial charge in [-0.05, 0) is 12.8 Å². The van der Waals surface area contributed by atoms with Crippen LogP contribution in [0.3, 0.4) is 0 Å². The first-order valence-corrected chi connectivity index (χ1v) is 15.7. The molecular weight excluding hydrogens is 434 g/mol. The molecular formula is C31H63NO3. The van der Waals surface area contributed by atoms with Crippen molar-refractivity contribution >= 4 is 5.91 Å². The van der Waals surface area contributed by atoms with Gasteiger partial charge in [0.25, 0.3) is 0 Å². The zero-order chi connectivity index (χ0) is 25.8. The number of carbonyl (C=O) groups excluding carboxylic acids is 1. The third kappa shape index (κ3) is 24.8. The number of amides is 1. The molecule has 2 unspecified atom stereocenters. The maximum absolute atomic E-state index is 12.2. The van der Waals surface area contributed by atoms with Crippen LogP contribution in [0.4, 0.5) is 0 Å². The van der Waals surface area contributed by atoms with Crippen LogP contribution in [0.1, 0.15) is 174 Å². The van der Waals surface area contributed by atoms with Gasteiger partial charge in [-0.1, -0.05) is 155 Å². The Morgan fingerprint density at radius 3 is 1.29 bits per heavy atom. The van der Waals surface area contributed by atoms with E-state index in [1.807, 2.05) is 0 Å². The molecule has 0 saturated carbocycles. The Morgan fingerprint density at radius 1 is 0.571 bits per heavy atom. The van der Waals surface area contributed by atoms with E-state index in [4.69, 9.17) is 0 Å². The van der Waals surface area contributed by atoms with Crippen molar-refractivity contribution in [2.24, 2.45) is 0 Å². The van der Waals surface area contributed by atoms with E-state index >= 15 is 0 Å². The number of aliphatic hydroxyl groups excluding tert-OH is 2. The molecule has 0 fully saturated rings. The molecule has 2 atom stereocenters. The normalized spacial score (nSPS) is 13.1. The van der Waals surface area contributed by atoms with Crippen LogP contribution in [0, 0.1) is 0 Å². The Kier molecular flexibility index (Phi) is 27.5. The molecule has 0 saturated heterocycles. The number of hydrogen-bond donors (Lipinski definition) is 3. The fourth-order valence-corrected chi connectivity index (χ4v) is 4.89. The van der Waals surface area contributed by atoms with Gasteiger partial charge >= 0.3 is 0 Å². The number of rotatable bonds is 28. The predicted octanol–water partition coefficient (Wildman–Crippen LogP) is 8.62. The molecule has 3 N–H and O–H groups in total. The first-order chi connectivity index (χ1) is 17.2. The highest BCUT2D eigenvalue weighted by Crippen LogP contribution is 2.15. The summed E-state index contributed by atoms with van der Waals surface area (Å²) in [6.45, 7) is 4.32. The second-order valence-electron chi connectivity index (χ2n) is 10.9. The third-order valence-electron chi connectivity index (χ3n) is 7.37. The van der Waals surface area contributed by atoms with Crippen LogP contribution in [0.2, 0.25) is 0 Å². The van der Waals surface area contributed by atoms with Crippen LogP contribution in [0.15, 0.2) is 0 Å². The number of carbonyl (C=O) groups is 1. The summed E-state index contributed by atoms with van der Waals surface area (Å²) in [6.07, 6.45) is 30.1. The number of nitrogens with one attached hydrogen (secondary N) is 1. The minimum atomic E-state index is -0.649. The lowest BCUT2D eigenvalue weighted by Gasteiger charge is -2.22. The standard InChI is InChI=1S/C31H63NO3/c1-3-5-7-9-11-13-14-15-16-17-18-19-20-22-24-26-30(34)29(28-33)32-31(35)27-25-23-21-12-10-8-6-4-2/h29-30,33-34H,3-28H2,1-2H3,(H,32,35). The van der Waals surface area contributed by atoms with Gasteiger partial charge in [-0.2, -0.15) is 0 Å². The molecule has 4 nitrogen and oxygen atoms in total. The van der Waals surface area contributed by atoms with Crippen molar-refractivity contribution in [1.82, 2.24) is 5.32 Å². The molecule has 0 aromatic heterocycles. The Morgan fingerprint density at radius 2 is 0.914 bits per heavy atom.